The lowest BCUT2D eigenvalue weighted by atomic mass is 10.2. The van der Waals surface area contributed by atoms with Crippen LogP contribution in [0.25, 0.3) is 0 Å². The van der Waals surface area contributed by atoms with E-state index in [1.54, 1.807) is 32.9 Å². The van der Waals surface area contributed by atoms with Crippen molar-refractivity contribution in [1.82, 2.24) is 4.72 Å². The van der Waals surface area contributed by atoms with E-state index in [0.29, 0.717) is 0 Å². The third-order valence-electron chi connectivity index (χ3n) is 3.96. The van der Waals surface area contributed by atoms with Crippen LogP contribution in [0, 0.1) is 17.0 Å². The highest BCUT2D eigenvalue weighted by Crippen LogP contribution is 2.61. The predicted octanol–water partition coefficient (Wildman–Crippen LogP) is 4.15. The van der Waals surface area contributed by atoms with Crippen LogP contribution in [0.5, 0.6) is 0 Å². The number of nitro groups is 1. The molecule has 0 radical (unpaired) electrons. The molecule has 0 amide bonds. The maximum atomic E-state index is 13.5. The Morgan fingerprint density at radius 2 is 1.62 bits per heavy atom. The number of nitrogens with zero attached hydrogens (tertiary/aromatic N) is 1. The number of para-hydroxylation sites is 1. The second-order valence-electron chi connectivity index (χ2n) is 6.03. The molecule has 1 N–H and O–H groups in total. The molecule has 2 aromatic carbocycles. The third kappa shape index (κ3) is 5.49. The van der Waals surface area contributed by atoms with E-state index >= 15 is 0 Å². The summed E-state index contributed by atoms with van der Waals surface area (Å²) in [5.41, 5.74) is 0.343. The van der Waals surface area contributed by atoms with Gasteiger partial charge in [-0.05, 0) is 39.0 Å². The summed E-state index contributed by atoms with van der Waals surface area (Å²) >= 11 is 0. The summed E-state index contributed by atoms with van der Waals surface area (Å²) in [6, 6.07) is 11.4. The van der Waals surface area contributed by atoms with Gasteiger partial charge >= 0.3 is 7.60 Å². The Hall–Kier alpha value is -2.10. The fourth-order valence-corrected chi connectivity index (χ4v) is 6.30. The average molecular weight is 442 g/mol. The maximum Gasteiger partial charge on any atom is 0.353 e. The third-order valence-corrected chi connectivity index (χ3v) is 7.85. The molecular formula is C18H23N2O7PS. The van der Waals surface area contributed by atoms with Gasteiger partial charge in [-0.3, -0.25) is 14.7 Å². The lowest BCUT2D eigenvalue weighted by Gasteiger charge is -2.27. The van der Waals surface area contributed by atoms with Crippen molar-refractivity contribution in [2.24, 2.45) is 0 Å². The highest BCUT2D eigenvalue weighted by atomic mass is 32.2. The van der Waals surface area contributed by atoms with Crippen LogP contribution >= 0.6 is 7.60 Å². The van der Waals surface area contributed by atoms with E-state index in [1.165, 1.54) is 36.4 Å². The number of nitrogens with one attached hydrogen (secondary N) is 1. The Labute approximate surface area is 169 Å². The Morgan fingerprint density at radius 3 is 2.14 bits per heavy atom. The Kier molecular flexibility index (Phi) is 7.67. The molecule has 0 aliphatic rings. The predicted molar refractivity (Wildman–Crippen MR) is 108 cm³/mol. The molecule has 29 heavy (non-hydrogen) atoms. The first kappa shape index (κ1) is 23.2. The minimum absolute atomic E-state index is 0.0410. The van der Waals surface area contributed by atoms with Gasteiger partial charge in [-0.1, -0.05) is 29.8 Å². The molecule has 0 heterocycles. The van der Waals surface area contributed by atoms with Crippen molar-refractivity contribution in [2.45, 2.75) is 31.4 Å². The number of hydrogen-bond acceptors (Lipinski definition) is 7. The van der Waals surface area contributed by atoms with Crippen LogP contribution in [-0.4, -0.2) is 26.6 Å². The molecule has 0 bridgehead atoms. The second-order valence-corrected chi connectivity index (χ2v) is 9.85. The summed E-state index contributed by atoms with van der Waals surface area (Å²) < 4.78 is 52.3. The molecule has 11 heteroatoms. The molecule has 9 nitrogen and oxygen atoms in total. The first-order valence-electron chi connectivity index (χ1n) is 8.85. The number of rotatable bonds is 10. The zero-order chi connectivity index (χ0) is 21.7. The molecule has 0 saturated heterocycles. The van der Waals surface area contributed by atoms with Crippen molar-refractivity contribution in [3.8, 4) is 0 Å². The molecule has 2 rings (SSSR count). The standard InChI is InChI=1S/C18H23N2O7PS/c1-4-26-28(23,27-5-2)18(16-8-6-7-9-17(16)20(21)22)19-29(24,25)15-12-10-14(3)11-13-15/h6-13,18-19H,4-5H2,1-3H3. The van der Waals surface area contributed by atoms with E-state index in [1.807, 2.05) is 0 Å². The number of hydrogen-bond donors (Lipinski definition) is 1. The molecule has 1 unspecified atom stereocenters. The zero-order valence-electron chi connectivity index (χ0n) is 16.3. The van der Waals surface area contributed by atoms with Crippen LogP contribution < -0.4 is 4.72 Å². The molecule has 0 spiro atoms. The van der Waals surface area contributed by atoms with Gasteiger partial charge in [0.05, 0.1) is 28.6 Å². The number of benzene rings is 2. The van der Waals surface area contributed by atoms with Gasteiger partial charge in [0.15, 0.2) is 5.78 Å². The maximum absolute atomic E-state index is 13.5. The van der Waals surface area contributed by atoms with Crippen LogP contribution in [0.15, 0.2) is 53.4 Å². The van der Waals surface area contributed by atoms with E-state index in [2.05, 4.69) is 4.72 Å². The Balaban J connectivity index is 2.63. The molecule has 1 atom stereocenters. The van der Waals surface area contributed by atoms with Gasteiger partial charge in [0, 0.05) is 6.07 Å². The molecular weight excluding hydrogens is 419 g/mol. The summed E-state index contributed by atoms with van der Waals surface area (Å²) in [6.45, 7) is 4.85. The SMILES string of the molecule is CCOP(=O)(OCC)C(NS(=O)(=O)c1ccc(C)cc1)c1ccccc1[N+](=O)[O-]. The van der Waals surface area contributed by atoms with Crippen LogP contribution in [0.4, 0.5) is 5.69 Å². The summed E-state index contributed by atoms with van der Waals surface area (Å²) in [7, 11) is -8.33. The van der Waals surface area contributed by atoms with E-state index in [0.717, 1.165) is 5.56 Å². The summed E-state index contributed by atoms with van der Waals surface area (Å²) in [4.78, 5) is 10.7. The Morgan fingerprint density at radius 1 is 1.07 bits per heavy atom. The van der Waals surface area contributed by atoms with Crippen LogP contribution in [-0.2, 0) is 23.6 Å². The van der Waals surface area contributed by atoms with Gasteiger partial charge in [0.2, 0.25) is 10.0 Å². The average Bonchev–Trinajstić information content (AvgIpc) is 2.67. The largest absolute Gasteiger partial charge is 0.353 e. The number of aryl methyl sites for hydroxylation is 1. The van der Waals surface area contributed by atoms with E-state index < -0.39 is 34.0 Å². The highest BCUT2D eigenvalue weighted by Gasteiger charge is 2.43. The molecule has 0 aliphatic heterocycles. The number of sulfonamides is 1. The quantitative estimate of drug-likeness (QED) is 0.333. The van der Waals surface area contributed by atoms with Crippen molar-refractivity contribution in [3.05, 3.63) is 69.8 Å². The van der Waals surface area contributed by atoms with Crippen LogP contribution in [0.2, 0.25) is 0 Å². The van der Waals surface area contributed by atoms with E-state index in [4.69, 9.17) is 9.05 Å². The topological polar surface area (TPSA) is 125 Å². The van der Waals surface area contributed by atoms with E-state index in [-0.39, 0.29) is 23.7 Å². The first-order chi connectivity index (χ1) is 13.6. The highest BCUT2D eigenvalue weighted by molar-refractivity contribution is 7.89. The summed E-state index contributed by atoms with van der Waals surface area (Å²) in [6.07, 6.45) is 0. The van der Waals surface area contributed by atoms with Crippen molar-refractivity contribution < 1.29 is 27.0 Å². The van der Waals surface area contributed by atoms with Gasteiger partial charge in [0.1, 0.15) is 0 Å². The number of nitro benzene ring substituents is 1. The lowest BCUT2D eigenvalue weighted by molar-refractivity contribution is -0.385. The van der Waals surface area contributed by atoms with Gasteiger partial charge in [-0.25, -0.2) is 8.42 Å². The van der Waals surface area contributed by atoms with Gasteiger partial charge in [0.25, 0.3) is 5.69 Å². The fraction of sp³-hybridized carbons (Fsp3) is 0.333. The van der Waals surface area contributed by atoms with Crippen LogP contribution in [0.1, 0.15) is 30.8 Å². The van der Waals surface area contributed by atoms with Gasteiger partial charge in [-0.15, -0.1) is 0 Å². The molecule has 2 aromatic rings. The molecule has 0 aromatic heterocycles. The molecule has 0 fully saturated rings. The molecule has 158 valence electrons. The van der Waals surface area contributed by atoms with Crippen molar-refractivity contribution >= 4 is 23.3 Å². The molecule has 0 aliphatic carbocycles. The van der Waals surface area contributed by atoms with Crippen molar-refractivity contribution in [3.63, 3.8) is 0 Å². The fourth-order valence-electron chi connectivity index (χ4n) is 2.66. The Bertz CT molecular complexity index is 999. The lowest BCUT2D eigenvalue weighted by Crippen LogP contribution is -2.30. The van der Waals surface area contributed by atoms with Gasteiger partial charge in [-0.2, -0.15) is 4.72 Å². The minimum Gasteiger partial charge on any atom is -0.308 e. The zero-order valence-corrected chi connectivity index (χ0v) is 18.0. The summed E-state index contributed by atoms with van der Waals surface area (Å²) in [5, 5.41) is 11.5. The van der Waals surface area contributed by atoms with Crippen molar-refractivity contribution in [2.75, 3.05) is 13.2 Å². The van der Waals surface area contributed by atoms with Gasteiger partial charge < -0.3 is 9.05 Å². The van der Waals surface area contributed by atoms with Crippen LogP contribution in [0.3, 0.4) is 0 Å². The first-order valence-corrected chi connectivity index (χ1v) is 11.9. The summed E-state index contributed by atoms with van der Waals surface area (Å²) in [5.74, 6) is -1.60. The minimum atomic E-state index is -4.19. The molecule has 0 saturated carbocycles. The smallest absolute Gasteiger partial charge is 0.308 e. The second kappa shape index (κ2) is 9.60. The van der Waals surface area contributed by atoms with Crippen molar-refractivity contribution in [1.29, 1.82) is 0 Å². The normalized spacial score (nSPS) is 13.2. The van der Waals surface area contributed by atoms with E-state index in [9.17, 15) is 23.1 Å². The monoisotopic (exact) mass is 442 g/mol.